The molecule has 2 amide bonds. The smallest absolute Gasteiger partial charge is 0.410 e. The largest absolute Gasteiger partial charge is 0.445 e. The third-order valence-electron chi connectivity index (χ3n) is 3.94. The molecule has 0 unspecified atom stereocenters. The number of benzene rings is 1. The van der Waals surface area contributed by atoms with Gasteiger partial charge in [-0.25, -0.2) is 9.59 Å². The van der Waals surface area contributed by atoms with Crippen LogP contribution in [0, 0.1) is 0 Å². The molecule has 26 heavy (non-hydrogen) atoms. The van der Waals surface area contributed by atoms with Gasteiger partial charge >= 0.3 is 12.2 Å². The lowest BCUT2D eigenvalue weighted by atomic mass is 10.1. The highest BCUT2D eigenvalue weighted by atomic mass is 16.6. The molecule has 1 aromatic rings. The van der Waals surface area contributed by atoms with Gasteiger partial charge in [-0.05, 0) is 26.3 Å². The number of aldehydes is 1. The maximum Gasteiger partial charge on any atom is 0.410 e. The van der Waals surface area contributed by atoms with Crippen molar-refractivity contribution < 1.29 is 23.9 Å². The van der Waals surface area contributed by atoms with Gasteiger partial charge in [-0.15, -0.1) is 0 Å². The second kappa shape index (κ2) is 8.69. The molecule has 7 nitrogen and oxygen atoms in total. The standard InChI is InChI=1S/C19H26N2O5/c1-19(2,3)26-18(24)21-11-10-20(13-16(21)9-12-22)17(23)25-14-15-7-5-4-6-8-15/h4-8,12,16H,9-11,13-14H2,1-3H3/t16-/m1/s1. The second-order valence-electron chi connectivity index (χ2n) is 7.22. The molecule has 7 heteroatoms. The highest BCUT2D eigenvalue weighted by molar-refractivity contribution is 5.71. The van der Waals surface area contributed by atoms with Gasteiger partial charge in [0.1, 0.15) is 18.5 Å². The summed E-state index contributed by atoms with van der Waals surface area (Å²) in [4.78, 5) is 38.7. The third kappa shape index (κ3) is 5.75. The van der Waals surface area contributed by atoms with Crippen LogP contribution >= 0.6 is 0 Å². The van der Waals surface area contributed by atoms with Crippen molar-refractivity contribution in [1.82, 2.24) is 9.80 Å². The Morgan fingerprint density at radius 1 is 1.15 bits per heavy atom. The van der Waals surface area contributed by atoms with Gasteiger partial charge < -0.3 is 24.1 Å². The molecule has 0 saturated carbocycles. The van der Waals surface area contributed by atoms with Crippen LogP contribution in [0.15, 0.2) is 30.3 Å². The lowest BCUT2D eigenvalue weighted by Gasteiger charge is -2.40. The topological polar surface area (TPSA) is 76.2 Å². The van der Waals surface area contributed by atoms with E-state index in [-0.39, 0.29) is 19.6 Å². The molecule has 2 rings (SSSR count). The predicted octanol–water partition coefficient (Wildman–Crippen LogP) is 2.83. The number of hydrogen-bond acceptors (Lipinski definition) is 5. The molecule has 1 fully saturated rings. The predicted molar refractivity (Wildman–Crippen MR) is 95.6 cm³/mol. The van der Waals surface area contributed by atoms with Crippen LogP contribution in [0.2, 0.25) is 0 Å². The van der Waals surface area contributed by atoms with Crippen molar-refractivity contribution >= 4 is 18.5 Å². The molecule has 0 spiro atoms. The maximum atomic E-state index is 12.3. The van der Waals surface area contributed by atoms with E-state index in [1.807, 2.05) is 30.3 Å². The van der Waals surface area contributed by atoms with Gasteiger partial charge in [-0.3, -0.25) is 0 Å². The summed E-state index contributed by atoms with van der Waals surface area (Å²) >= 11 is 0. The minimum Gasteiger partial charge on any atom is -0.445 e. The van der Waals surface area contributed by atoms with Gasteiger partial charge in [0.05, 0.1) is 6.04 Å². The molecule has 1 aliphatic rings. The van der Waals surface area contributed by atoms with Crippen LogP contribution in [0.3, 0.4) is 0 Å². The number of carbonyl (C=O) groups excluding carboxylic acids is 3. The van der Waals surface area contributed by atoms with E-state index < -0.39 is 23.8 Å². The molecular formula is C19H26N2O5. The maximum absolute atomic E-state index is 12.3. The van der Waals surface area contributed by atoms with Crippen molar-refractivity contribution in [3.63, 3.8) is 0 Å². The van der Waals surface area contributed by atoms with Crippen molar-refractivity contribution in [2.45, 2.75) is 45.4 Å². The number of rotatable bonds is 4. The Hall–Kier alpha value is -2.57. The van der Waals surface area contributed by atoms with Crippen LogP contribution in [0.4, 0.5) is 9.59 Å². The molecule has 0 aromatic heterocycles. The van der Waals surface area contributed by atoms with Crippen molar-refractivity contribution in [1.29, 1.82) is 0 Å². The fraction of sp³-hybridized carbons (Fsp3) is 0.526. The Labute approximate surface area is 153 Å². The number of nitrogens with zero attached hydrogens (tertiary/aromatic N) is 2. The average molecular weight is 362 g/mol. The van der Waals surface area contributed by atoms with Crippen molar-refractivity contribution in [2.24, 2.45) is 0 Å². The number of amides is 2. The van der Waals surface area contributed by atoms with E-state index in [1.165, 1.54) is 9.80 Å². The molecule has 142 valence electrons. The summed E-state index contributed by atoms with van der Waals surface area (Å²) in [5, 5.41) is 0. The van der Waals surface area contributed by atoms with Gasteiger partial charge in [0, 0.05) is 26.1 Å². The van der Waals surface area contributed by atoms with Crippen LogP contribution in [-0.2, 0) is 20.9 Å². The fourth-order valence-corrected chi connectivity index (χ4v) is 2.71. The first kappa shape index (κ1) is 19.8. The Morgan fingerprint density at radius 3 is 2.46 bits per heavy atom. The molecule has 1 aromatic carbocycles. The highest BCUT2D eigenvalue weighted by Crippen LogP contribution is 2.18. The Kier molecular flexibility index (Phi) is 6.60. The zero-order valence-electron chi connectivity index (χ0n) is 15.5. The minimum absolute atomic E-state index is 0.141. The van der Waals surface area contributed by atoms with Crippen LogP contribution in [0.5, 0.6) is 0 Å². The molecular weight excluding hydrogens is 336 g/mol. The summed E-state index contributed by atoms with van der Waals surface area (Å²) in [6, 6.07) is 8.99. The first-order valence-corrected chi connectivity index (χ1v) is 8.69. The lowest BCUT2D eigenvalue weighted by Crippen LogP contribution is -2.57. The van der Waals surface area contributed by atoms with Gasteiger partial charge in [0.25, 0.3) is 0 Å². The van der Waals surface area contributed by atoms with Crippen molar-refractivity contribution in [3.8, 4) is 0 Å². The van der Waals surface area contributed by atoms with Crippen LogP contribution < -0.4 is 0 Å². The number of carbonyl (C=O) groups is 3. The first-order valence-electron chi connectivity index (χ1n) is 8.69. The zero-order valence-corrected chi connectivity index (χ0v) is 15.5. The lowest BCUT2D eigenvalue weighted by molar-refractivity contribution is -0.109. The second-order valence-corrected chi connectivity index (χ2v) is 7.22. The number of hydrogen-bond donors (Lipinski definition) is 0. The monoisotopic (exact) mass is 362 g/mol. The summed E-state index contributed by atoms with van der Waals surface area (Å²) < 4.78 is 10.7. The van der Waals surface area contributed by atoms with Gasteiger partial charge in [-0.2, -0.15) is 0 Å². The quantitative estimate of drug-likeness (QED) is 0.770. The van der Waals surface area contributed by atoms with E-state index in [1.54, 1.807) is 20.8 Å². The van der Waals surface area contributed by atoms with Crippen LogP contribution in [-0.4, -0.2) is 59.5 Å². The molecule has 1 atom stereocenters. The number of ether oxygens (including phenoxy) is 2. The van der Waals surface area contributed by atoms with E-state index in [2.05, 4.69) is 0 Å². The third-order valence-corrected chi connectivity index (χ3v) is 3.94. The van der Waals surface area contributed by atoms with E-state index in [4.69, 9.17) is 9.47 Å². The molecule has 0 radical (unpaired) electrons. The molecule has 1 saturated heterocycles. The van der Waals surface area contributed by atoms with Crippen LogP contribution in [0.1, 0.15) is 32.8 Å². The Balaban J connectivity index is 1.94. The summed E-state index contributed by atoms with van der Waals surface area (Å²) in [6.07, 6.45) is -0.0297. The summed E-state index contributed by atoms with van der Waals surface area (Å²) in [6.45, 7) is 6.43. The summed E-state index contributed by atoms with van der Waals surface area (Å²) in [7, 11) is 0. The summed E-state index contributed by atoms with van der Waals surface area (Å²) in [5.74, 6) is 0. The van der Waals surface area contributed by atoms with Gasteiger partial charge in [-0.1, -0.05) is 30.3 Å². The highest BCUT2D eigenvalue weighted by Gasteiger charge is 2.35. The first-order chi connectivity index (χ1) is 12.3. The van der Waals surface area contributed by atoms with E-state index in [9.17, 15) is 14.4 Å². The van der Waals surface area contributed by atoms with E-state index >= 15 is 0 Å². The van der Waals surface area contributed by atoms with E-state index in [0.29, 0.717) is 13.1 Å². The molecule has 1 aliphatic heterocycles. The van der Waals surface area contributed by atoms with Crippen molar-refractivity contribution in [2.75, 3.05) is 19.6 Å². The number of piperazine rings is 1. The minimum atomic E-state index is -0.617. The molecule has 0 N–H and O–H groups in total. The van der Waals surface area contributed by atoms with Crippen molar-refractivity contribution in [3.05, 3.63) is 35.9 Å². The molecule has 0 bridgehead atoms. The Morgan fingerprint density at radius 2 is 1.85 bits per heavy atom. The Bertz CT molecular complexity index is 627. The van der Waals surface area contributed by atoms with Gasteiger partial charge in [0.15, 0.2) is 0 Å². The molecule has 0 aliphatic carbocycles. The average Bonchev–Trinajstić information content (AvgIpc) is 2.59. The SMILES string of the molecule is CC(C)(C)OC(=O)N1CCN(C(=O)OCc2ccccc2)C[C@H]1CC=O. The van der Waals surface area contributed by atoms with E-state index in [0.717, 1.165) is 11.8 Å². The normalized spacial score (nSPS) is 17.6. The van der Waals surface area contributed by atoms with Crippen LogP contribution in [0.25, 0.3) is 0 Å². The van der Waals surface area contributed by atoms with Gasteiger partial charge in [0.2, 0.25) is 0 Å². The summed E-state index contributed by atoms with van der Waals surface area (Å²) in [5.41, 5.74) is 0.284. The zero-order chi connectivity index (χ0) is 19.2. The fourth-order valence-electron chi connectivity index (χ4n) is 2.71. The molecule has 1 heterocycles.